The Labute approximate surface area is 133 Å². The largest absolute Gasteiger partial charge is 0.218 e. The van der Waals surface area contributed by atoms with Crippen molar-refractivity contribution >= 4 is 5.65 Å². The molecular formula is C19H14FN3. The highest BCUT2D eigenvalue weighted by atomic mass is 19.1. The summed E-state index contributed by atoms with van der Waals surface area (Å²) in [5, 5.41) is 4.55. The van der Waals surface area contributed by atoms with Crippen molar-refractivity contribution in [2.24, 2.45) is 0 Å². The Bertz CT molecular complexity index is 990. The fourth-order valence-corrected chi connectivity index (χ4v) is 2.70. The smallest absolute Gasteiger partial charge is 0.182 e. The van der Waals surface area contributed by atoms with Gasteiger partial charge in [0.1, 0.15) is 5.82 Å². The van der Waals surface area contributed by atoms with E-state index in [0.717, 1.165) is 16.8 Å². The average Bonchev–Trinajstić information content (AvgIpc) is 3.01. The summed E-state index contributed by atoms with van der Waals surface area (Å²) in [5.74, 6) is 0.429. The van der Waals surface area contributed by atoms with E-state index in [1.807, 2.05) is 55.5 Å². The summed E-state index contributed by atoms with van der Waals surface area (Å²) in [6, 6.07) is 20.4. The number of nitrogens with zero attached hydrogens (tertiary/aromatic N) is 3. The van der Waals surface area contributed by atoms with Gasteiger partial charge < -0.3 is 0 Å². The molecule has 4 aromatic rings. The van der Waals surface area contributed by atoms with Crippen LogP contribution in [-0.4, -0.2) is 14.6 Å². The molecule has 0 unspecified atom stereocenters. The number of hydrogen-bond acceptors (Lipinski definition) is 2. The van der Waals surface area contributed by atoms with Crippen LogP contribution in [0.1, 0.15) is 5.69 Å². The van der Waals surface area contributed by atoms with Crippen molar-refractivity contribution in [3.63, 3.8) is 0 Å². The first-order valence-corrected chi connectivity index (χ1v) is 7.40. The standard InChI is InChI=1S/C19H14FN3/c1-13-11-15(16-9-5-6-10-17(16)20)12-18-21-19(22-23(13)18)14-7-3-2-4-8-14/h2-12H,1H3. The van der Waals surface area contributed by atoms with Crippen molar-refractivity contribution in [3.8, 4) is 22.5 Å². The molecule has 0 spiro atoms. The minimum absolute atomic E-state index is 0.237. The highest BCUT2D eigenvalue weighted by molar-refractivity contribution is 5.70. The van der Waals surface area contributed by atoms with Crippen LogP contribution < -0.4 is 0 Å². The zero-order valence-electron chi connectivity index (χ0n) is 12.6. The van der Waals surface area contributed by atoms with Gasteiger partial charge >= 0.3 is 0 Å². The molecular weight excluding hydrogens is 289 g/mol. The van der Waals surface area contributed by atoms with Gasteiger partial charge in [0, 0.05) is 16.8 Å². The number of aromatic nitrogens is 3. The molecule has 0 amide bonds. The minimum atomic E-state index is -0.237. The van der Waals surface area contributed by atoms with Gasteiger partial charge in [-0.2, -0.15) is 0 Å². The fraction of sp³-hybridized carbons (Fsp3) is 0.0526. The van der Waals surface area contributed by atoms with Gasteiger partial charge in [0.15, 0.2) is 11.5 Å². The number of aryl methyl sites for hydroxylation is 1. The Morgan fingerprint density at radius 2 is 1.61 bits per heavy atom. The molecule has 0 aliphatic rings. The molecule has 0 atom stereocenters. The monoisotopic (exact) mass is 303 g/mol. The molecule has 4 heteroatoms. The first-order valence-electron chi connectivity index (χ1n) is 7.40. The van der Waals surface area contributed by atoms with Crippen LogP contribution >= 0.6 is 0 Å². The van der Waals surface area contributed by atoms with Crippen LogP contribution in [-0.2, 0) is 0 Å². The number of rotatable bonds is 2. The first-order chi connectivity index (χ1) is 11.2. The van der Waals surface area contributed by atoms with Gasteiger partial charge in [-0.25, -0.2) is 13.9 Å². The Balaban J connectivity index is 1.90. The van der Waals surface area contributed by atoms with Gasteiger partial charge in [0.25, 0.3) is 0 Å². The molecule has 0 bridgehead atoms. The van der Waals surface area contributed by atoms with Crippen LogP contribution in [0, 0.1) is 12.7 Å². The van der Waals surface area contributed by atoms with Crippen molar-refractivity contribution in [3.05, 3.63) is 78.2 Å². The summed E-state index contributed by atoms with van der Waals surface area (Å²) in [6.07, 6.45) is 0. The molecule has 3 nitrogen and oxygen atoms in total. The van der Waals surface area contributed by atoms with E-state index >= 15 is 0 Å². The zero-order chi connectivity index (χ0) is 15.8. The lowest BCUT2D eigenvalue weighted by molar-refractivity contribution is 0.631. The fourth-order valence-electron chi connectivity index (χ4n) is 2.70. The normalized spacial score (nSPS) is 11.0. The summed E-state index contributed by atoms with van der Waals surface area (Å²) in [5.41, 5.74) is 3.96. The van der Waals surface area contributed by atoms with E-state index in [1.165, 1.54) is 6.07 Å². The predicted molar refractivity (Wildman–Crippen MR) is 88.6 cm³/mol. The molecule has 0 radical (unpaired) electrons. The van der Waals surface area contributed by atoms with Crippen LogP contribution in [0.3, 0.4) is 0 Å². The van der Waals surface area contributed by atoms with E-state index < -0.39 is 0 Å². The van der Waals surface area contributed by atoms with Crippen LogP contribution in [0.5, 0.6) is 0 Å². The maximum atomic E-state index is 14.0. The third kappa shape index (κ3) is 2.38. The summed E-state index contributed by atoms with van der Waals surface area (Å²) < 4.78 is 15.8. The van der Waals surface area contributed by atoms with Crippen molar-refractivity contribution < 1.29 is 4.39 Å². The van der Waals surface area contributed by atoms with Crippen molar-refractivity contribution in [2.45, 2.75) is 6.92 Å². The Morgan fingerprint density at radius 1 is 0.870 bits per heavy atom. The summed E-state index contributed by atoms with van der Waals surface area (Å²) in [4.78, 5) is 4.59. The van der Waals surface area contributed by atoms with E-state index in [9.17, 15) is 4.39 Å². The zero-order valence-corrected chi connectivity index (χ0v) is 12.6. The maximum absolute atomic E-state index is 14.0. The molecule has 0 aliphatic carbocycles. The van der Waals surface area contributed by atoms with Crippen LogP contribution in [0.2, 0.25) is 0 Å². The second kappa shape index (κ2) is 5.32. The van der Waals surface area contributed by atoms with Gasteiger partial charge in [0.05, 0.1) is 0 Å². The van der Waals surface area contributed by atoms with E-state index in [2.05, 4.69) is 10.1 Å². The number of fused-ring (bicyclic) bond motifs is 1. The lowest BCUT2D eigenvalue weighted by atomic mass is 10.1. The summed E-state index contributed by atoms with van der Waals surface area (Å²) >= 11 is 0. The first kappa shape index (κ1) is 13.6. The SMILES string of the molecule is Cc1cc(-c2ccccc2F)cc2nc(-c3ccccc3)nn12. The predicted octanol–water partition coefficient (Wildman–Crippen LogP) is 4.51. The van der Waals surface area contributed by atoms with Crippen molar-refractivity contribution in [1.82, 2.24) is 14.6 Å². The molecule has 0 saturated carbocycles. The molecule has 2 heterocycles. The van der Waals surface area contributed by atoms with E-state index in [0.29, 0.717) is 17.0 Å². The molecule has 112 valence electrons. The molecule has 2 aromatic heterocycles. The second-order valence-corrected chi connectivity index (χ2v) is 5.44. The number of benzene rings is 2. The molecule has 0 aliphatic heterocycles. The third-order valence-electron chi connectivity index (χ3n) is 3.83. The summed E-state index contributed by atoms with van der Waals surface area (Å²) in [6.45, 7) is 1.95. The Morgan fingerprint density at radius 3 is 2.39 bits per heavy atom. The number of halogens is 1. The third-order valence-corrected chi connectivity index (χ3v) is 3.83. The van der Waals surface area contributed by atoms with E-state index in [-0.39, 0.29) is 5.82 Å². The van der Waals surface area contributed by atoms with Crippen LogP contribution in [0.4, 0.5) is 4.39 Å². The molecule has 4 rings (SSSR count). The minimum Gasteiger partial charge on any atom is -0.218 e. The molecule has 0 N–H and O–H groups in total. The Kier molecular flexibility index (Phi) is 3.15. The summed E-state index contributed by atoms with van der Waals surface area (Å²) in [7, 11) is 0. The molecule has 23 heavy (non-hydrogen) atoms. The average molecular weight is 303 g/mol. The lowest BCUT2D eigenvalue weighted by Gasteiger charge is -2.05. The molecule has 0 fully saturated rings. The second-order valence-electron chi connectivity index (χ2n) is 5.44. The van der Waals surface area contributed by atoms with Gasteiger partial charge in [0.2, 0.25) is 0 Å². The highest BCUT2D eigenvalue weighted by Crippen LogP contribution is 2.26. The van der Waals surface area contributed by atoms with Gasteiger partial charge in [-0.3, -0.25) is 0 Å². The van der Waals surface area contributed by atoms with Crippen molar-refractivity contribution in [2.75, 3.05) is 0 Å². The maximum Gasteiger partial charge on any atom is 0.182 e. The van der Waals surface area contributed by atoms with E-state index in [1.54, 1.807) is 16.6 Å². The van der Waals surface area contributed by atoms with Gasteiger partial charge in [-0.1, -0.05) is 48.5 Å². The molecule has 0 saturated heterocycles. The van der Waals surface area contributed by atoms with Gasteiger partial charge in [-0.05, 0) is 30.7 Å². The topological polar surface area (TPSA) is 30.2 Å². The van der Waals surface area contributed by atoms with E-state index in [4.69, 9.17) is 0 Å². The van der Waals surface area contributed by atoms with Crippen LogP contribution in [0.15, 0.2) is 66.7 Å². The quantitative estimate of drug-likeness (QED) is 0.545. The Hall–Kier alpha value is -3.01. The van der Waals surface area contributed by atoms with Crippen LogP contribution in [0.25, 0.3) is 28.2 Å². The number of pyridine rings is 1. The lowest BCUT2D eigenvalue weighted by Crippen LogP contribution is -1.95. The molecule has 2 aromatic carbocycles. The highest BCUT2D eigenvalue weighted by Gasteiger charge is 2.11. The van der Waals surface area contributed by atoms with Crippen molar-refractivity contribution in [1.29, 1.82) is 0 Å². The number of hydrogen-bond donors (Lipinski definition) is 0. The van der Waals surface area contributed by atoms with Gasteiger partial charge in [-0.15, -0.1) is 5.10 Å².